The Morgan fingerprint density at radius 1 is 1.62 bits per heavy atom. The molecule has 0 fully saturated rings. The Morgan fingerprint density at radius 2 is 2.38 bits per heavy atom. The number of rotatable bonds is 5. The van der Waals surface area contributed by atoms with E-state index >= 15 is 0 Å². The zero-order chi connectivity index (χ0) is 9.73. The van der Waals surface area contributed by atoms with Crippen molar-refractivity contribution in [3.8, 4) is 0 Å². The molecular weight excluding hydrogens is 190 g/mol. The van der Waals surface area contributed by atoms with E-state index in [-0.39, 0.29) is 5.75 Å². The normalized spacial score (nSPS) is 11.8. The standard InChI is InChI=1S/C7H13N3O2S/c1-2-13(11,12)9-6-4-7-3-5-8-10-7/h3,5,9H,2,4,6H2,1H3,(H,8,10). The van der Waals surface area contributed by atoms with Crippen LogP contribution in [-0.2, 0) is 16.4 Å². The van der Waals surface area contributed by atoms with Gasteiger partial charge < -0.3 is 0 Å². The van der Waals surface area contributed by atoms with E-state index < -0.39 is 10.0 Å². The van der Waals surface area contributed by atoms with Crippen LogP contribution in [0.5, 0.6) is 0 Å². The number of sulfonamides is 1. The van der Waals surface area contributed by atoms with Crippen LogP contribution in [0.1, 0.15) is 12.6 Å². The lowest BCUT2D eigenvalue weighted by Crippen LogP contribution is -2.27. The third kappa shape index (κ3) is 3.56. The first-order chi connectivity index (χ1) is 6.14. The summed E-state index contributed by atoms with van der Waals surface area (Å²) in [4.78, 5) is 0. The Labute approximate surface area is 77.6 Å². The van der Waals surface area contributed by atoms with Gasteiger partial charge in [-0.15, -0.1) is 0 Å². The molecule has 0 radical (unpaired) electrons. The lowest BCUT2D eigenvalue weighted by molar-refractivity contribution is 0.582. The van der Waals surface area contributed by atoms with Crippen molar-refractivity contribution < 1.29 is 8.42 Å². The van der Waals surface area contributed by atoms with Crippen molar-refractivity contribution in [1.82, 2.24) is 14.9 Å². The van der Waals surface area contributed by atoms with Crippen molar-refractivity contribution in [2.24, 2.45) is 0 Å². The number of nitrogens with one attached hydrogen (secondary N) is 2. The first-order valence-electron chi connectivity index (χ1n) is 4.09. The minimum atomic E-state index is -3.06. The first-order valence-corrected chi connectivity index (χ1v) is 5.75. The maximum absolute atomic E-state index is 11.0. The fraction of sp³-hybridized carbons (Fsp3) is 0.571. The van der Waals surface area contributed by atoms with E-state index in [1.54, 1.807) is 13.1 Å². The average molecular weight is 203 g/mol. The predicted molar refractivity (Wildman–Crippen MR) is 49.8 cm³/mol. The summed E-state index contributed by atoms with van der Waals surface area (Å²) in [5.41, 5.74) is 0.929. The summed E-state index contributed by atoms with van der Waals surface area (Å²) in [6.07, 6.45) is 2.28. The Bertz CT molecular complexity index is 331. The molecule has 0 spiro atoms. The molecule has 1 aromatic rings. The van der Waals surface area contributed by atoms with E-state index in [9.17, 15) is 8.42 Å². The van der Waals surface area contributed by atoms with E-state index in [0.717, 1.165) is 5.69 Å². The van der Waals surface area contributed by atoms with Crippen LogP contribution in [0.4, 0.5) is 0 Å². The third-order valence-electron chi connectivity index (χ3n) is 1.65. The molecule has 6 heteroatoms. The second kappa shape index (κ2) is 4.38. The van der Waals surface area contributed by atoms with Crippen molar-refractivity contribution in [3.05, 3.63) is 18.0 Å². The van der Waals surface area contributed by atoms with Gasteiger partial charge in [0.25, 0.3) is 0 Å². The van der Waals surface area contributed by atoms with Gasteiger partial charge in [-0.2, -0.15) is 5.10 Å². The molecular formula is C7H13N3O2S. The molecule has 0 aliphatic carbocycles. The van der Waals surface area contributed by atoms with Crippen LogP contribution >= 0.6 is 0 Å². The van der Waals surface area contributed by atoms with Crippen LogP contribution in [0.15, 0.2) is 12.3 Å². The fourth-order valence-corrected chi connectivity index (χ4v) is 1.48. The maximum atomic E-state index is 11.0. The predicted octanol–water partition coefficient (Wildman–Crippen LogP) is -0.109. The van der Waals surface area contributed by atoms with Crippen LogP contribution < -0.4 is 4.72 Å². The van der Waals surface area contributed by atoms with Gasteiger partial charge in [-0.1, -0.05) is 0 Å². The molecule has 0 amide bonds. The summed E-state index contributed by atoms with van der Waals surface area (Å²) in [6.45, 7) is 2.02. The minimum absolute atomic E-state index is 0.121. The summed E-state index contributed by atoms with van der Waals surface area (Å²) in [5.74, 6) is 0.121. The zero-order valence-electron chi connectivity index (χ0n) is 7.45. The highest BCUT2D eigenvalue weighted by molar-refractivity contribution is 7.89. The van der Waals surface area contributed by atoms with Gasteiger partial charge >= 0.3 is 0 Å². The molecule has 74 valence electrons. The van der Waals surface area contributed by atoms with Gasteiger partial charge in [-0.25, -0.2) is 13.1 Å². The van der Waals surface area contributed by atoms with Crippen LogP contribution in [-0.4, -0.2) is 30.9 Å². The highest BCUT2D eigenvalue weighted by Crippen LogP contribution is 1.92. The van der Waals surface area contributed by atoms with Crippen molar-refractivity contribution >= 4 is 10.0 Å². The number of H-pyrrole nitrogens is 1. The molecule has 0 saturated heterocycles. The van der Waals surface area contributed by atoms with Gasteiger partial charge in [0.15, 0.2) is 0 Å². The second-order valence-corrected chi connectivity index (χ2v) is 4.73. The molecule has 13 heavy (non-hydrogen) atoms. The quantitative estimate of drug-likeness (QED) is 0.701. The SMILES string of the molecule is CCS(=O)(=O)NCCc1ccn[nH]1. The fourth-order valence-electron chi connectivity index (χ4n) is 0.867. The molecule has 0 atom stereocenters. The molecule has 0 saturated carbocycles. The highest BCUT2D eigenvalue weighted by atomic mass is 32.2. The molecule has 0 aliphatic heterocycles. The summed E-state index contributed by atoms with van der Waals surface area (Å²) < 4.78 is 24.5. The van der Waals surface area contributed by atoms with Crippen molar-refractivity contribution in [2.45, 2.75) is 13.3 Å². The number of nitrogens with zero attached hydrogens (tertiary/aromatic N) is 1. The molecule has 2 N–H and O–H groups in total. The lowest BCUT2D eigenvalue weighted by atomic mass is 10.3. The zero-order valence-corrected chi connectivity index (χ0v) is 8.26. The Balaban J connectivity index is 2.30. The Kier molecular flexibility index (Phi) is 3.44. The monoisotopic (exact) mass is 203 g/mol. The Hall–Kier alpha value is -0.880. The number of aromatic amines is 1. The van der Waals surface area contributed by atoms with Crippen LogP contribution in [0, 0.1) is 0 Å². The summed E-state index contributed by atoms with van der Waals surface area (Å²) in [6, 6.07) is 1.82. The molecule has 1 rings (SSSR count). The molecule has 0 unspecified atom stereocenters. The van der Waals surface area contributed by atoms with Crippen LogP contribution in [0.3, 0.4) is 0 Å². The van der Waals surface area contributed by atoms with E-state index in [1.807, 2.05) is 6.07 Å². The summed E-state index contributed by atoms with van der Waals surface area (Å²) in [7, 11) is -3.06. The van der Waals surface area contributed by atoms with E-state index in [0.29, 0.717) is 13.0 Å². The van der Waals surface area contributed by atoms with Gasteiger partial charge in [-0.05, 0) is 13.0 Å². The molecule has 0 aliphatic rings. The van der Waals surface area contributed by atoms with Crippen molar-refractivity contribution in [2.75, 3.05) is 12.3 Å². The lowest BCUT2D eigenvalue weighted by Gasteiger charge is -2.01. The van der Waals surface area contributed by atoms with Gasteiger partial charge in [0, 0.05) is 24.9 Å². The minimum Gasteiger partial charge on any atom is -0.283 e. The van der Waals surface area contributed by atoms with Gasteiger partial charge in [-0.3, -0.25) is 5.10 Å². The molecule has 1 aromatic heterocycles. The topological polar surface area (TPSA) is 74.8 Å². The van der Waals surface area contributed by atoms with Crippen LogP contribution in [0.2, 0.25) is 0 Å². The van der Waals surface area contributed by atoms with E-state index in [4.69, 9.17) is 0 Å². The number of hydrogen-bond acceptors (Lipinski definition) is 3. The highest BCUT2D eigenvalue weighted by Gasteiger charge is 2.04. The molecule has 0 bridgehead atoms. The van der Waals surface area contributed by atoms with Crippen molar-refractivity contribution in [1.29, 1.82) is 0 Å². The summed E-state index contributed by atoms with van der Waals surface area (Å²) in [5, 5.41) is 6.51. The van der Waals surface area contributed by atoms with Crippen molar-refractivity contribution in [3.63, 3.8) is 0 Å². The van der Waals surface area contributed by atoms with E-state index in [2.05, 4.69) is 14.9 Å². The maximum Gasteiger partial charge on any atom is 0.211 e. The Morgan fingerprint density at radius 3 is 2.92 bits per heavy atom. The van der Waals surface area contributed by atoms with Gasteiger partial charge in [0.05, 0.1) is 5.75 Å². The van der Waals surface area contributed by atoms with E-state index in [1.165, 1.54) is 0 Å². The molecule has 1 heterocycles. The molecule has 5 nitrogen and oxygen atoms in total. The average Bonchev–Trinajstić information content (AvgIpc) is 2.57. The third-order valence-corrected chi connectivity index (χ3v) is 3.06. The largest absolute Gasteiger partial charge is 0.283 e. The van der Waals surface area contributed by atoms with Crippen LogP contribution in [0.25, 0.3) is 0 Å². The van der Waals surface area contributed by atoms with Gasteiger partial charge in [0.2, 0.25) is 10.0 Å². The smallest absolute Gasteiger partial charge is 0.211 e. The number of hydrogen-bond donors (Lipinski definition) is 2. The van der Waals surface area contributed by atoms with Gasteiger partial charge in [0.1, 0.15) is 0 Å². The number of aromatic nitrogens is 2. The second-order valence-electron chi connectivity index (χ2n) is 2.63. The molecule has 0 aromatic carbocycles. The first kappa shape index (κ1) is 10.2. The summed E-state index contributed by atoms with van der Waals surface area (Å²) >= 11 is 0.